The van der Waals surface area contributed by atoms with Gasteiger partial charge in [-0.05, 0) is 55.2 Å². The van der Waals surface area contributed by atoms with Crippen molar-refractivity contribution in [2.45, 2.75) is 39.0 Å². The standard InChI is InChI=1S/C20H28N4/c1-15-4-5-17-16(13-23-18(17)12-15)6-10-22-19(21-2)24-11-9-20(14-24)7-3-8-20/h4-5,12-13,23H,3,6-11,14H2,1-2H3,(H,21,22). The summed E-state index contributed by atoms with van der Waals surface area (Å²) in [6, 6.07) is 6.63. The molecule has 2 aromatic rings. The lowest BCUT2D eigenvalue weighted by Gasteiger charge is -2.38. The van der Waals surface area contributed by atoms with Crippen LogP contribution in [-0.4, -0.2) is 42.5 Å². The highest BCUT2D eigenvalue weighted by Crippen LogP contribution is 2.47. The highest BCUT2D eigenvalue weighted by molar-refractivity contribution is 5.84. The van der Waals surface area contributed by atoms with Gasteiger partial charge in [0.1, 0.15) is 0 Å². The normalized spacial score (nSPS) is 19.9. The van der Waals surface area contributed by atoms with Gasteiger partial charge in [0, 0.05) is 43.8 Å². The van der Waals surface area contributed by atoms with Gasteiger partial charge >= 0.3 is 0 Å². The maximum atomic E-state index is 4.51. The number of aromatic nitrogens is 1. The second kappa shape index (κ2) is 6.15. The topological polar surface area (TPSA) is 43.4 Å². The van der Waals surface area contributed by atoms with E-state index in [9.17, 15) is 0 Å². The third-order valence-electron chi connectivity index (χ3n) is 5.96. The Kier molecular flexibility index (Phi) is 3.99. The molecule has 0 unspecified atom stereocenters. The maximum Gasteiger partial charge on any atom is 0.193 e. The number of hydrogen-bond acceptors (Lipinski definition) is 1. The van der Waals surface area contributed by atoms with Crippen molar-refractivity contribution in [3.63, 3.8) is 0 Å². The predicted octanol–water partition coefficient (Wildman–Crippen LogP) is 3.47. The molecule has 2 N–H and O–H groups in total. The minimum absolute atomic E-state index is 0.617. The summed E-state index contributed by atoms with van der Waals surface area (Å²) in [7, 11) is 1.91. The zero-order chi connectivity index (χ0) is 16.6. The van der Waals surface area contributed by atoms with Gasteiger partial charge in [-0.3, -0.25) is 4.99 Å². The van der Waals surface area contributed by atoms with Gasteiger partial charge in [0.05, 0.1) is 0 Å². The minimum Gasteiger partial charge on any atom is -0.361 e. The molecule has 4 rings (SSSR count). The number of nitrogens with one attached hydrogen (secondary N) is 2. The molecule has 1 aromatic heterocycles. The van der Waals surface area contributed by atoms with Crippen molar-refractivity contribution in [3.05, 3.63) is 35.5 Å². The van der Waals surface area contributed by atoms with Crippen LogP contribution < -0.4 is 5.32 Å². The molecule has 0 amide bonds. The van der Waals surface area contributed by atoms with Gasteiger partial charge in [-0.15, -0.1) is 0 Å². The molecule has 2 aliphatic rings. The van der Waals surface area contributed by atoms with E-state index in [4.69, 9.17) is 0 Å². The molecule has 0 atom stereocenters. The third kappa shape index (κ3) is 2.79. The molecule has 2 fully saturated rings. The maximum absolute atomic E-state index is 4.51. The number of H-pyrrole nitrogens is 1. The van der Waals surface area contributed by atoms with Crippen molar-refractivity contribution in [2.24, 2.45) is 10.4 Å². The van der Waals surface area contributed by atoms with E-state index < -0.39 is 0 Å². The first kappa shape index (κ1) is 15.6. The summed E-state index contributed by atoms with van der Waals surface area (Å²) in [5.74, 6) is 1.08. The van der Waals surface area contributed by atoms with Crippen molar-refractivity contribution in [2.75, 3.05) is 26.7 Å². The van der Waals surface area contributed by atoms with Crippen LogP contribution in [0.3, 0.4) is 0 Å². The number of nitrogens with zero attached hydrogens (tertiary/aromatic N) is 2. The van der Waals surface area contributed by atoms with Crippen LogP contribution in [0.5, 0.6) is 0 Å². The highest BCUT2D eigenvalue weighted by atomic mass is 15.3. The molecule has 4 nitrogen and oxygen atoms in total. The fourth-order valence-corrected chi connectivity index (χ4v) is 4.35. The molecular weight excluding hydrogens is 296 g/mol. The summed E-state index contributed by atoms with van der Waals surface area (Å²) in [6.45, 7) is 5.42. The van der Waals surface area contributed by atoms with E-state index in [0.717, 1.165) is 25.5 Å². The Morgan fingerprint density at radius 1 is 1.33 bits per heavy atom. The number of likely N-dealkylation sites (tertiary alicyclic amines) is 1. The molecule has 1 saturated carbocycles. The largest absolute Gasteiger partial charge is 0.361 e. The zero-order valence-corrected chi connectivity index (χ0v) is 14.9. The number of hydrogen-bond donors (Lipinski definition) is 2. The summed E-state index contributed by atoms with van der Waals surface area (Å²) in [4.78, 5) is 10.4. The van der Waals surface area contributed by atoms with E-state index in [1.807, 2.05) is 7.05 Å². The lowest BCUT2D eigenvalue weighted by atomic mass is 9.68. The van der Waals surface area contributed by atoms with Crippen molar-refractivity contribution in [1.82, 2.24) is 15.2 Å². The van der Waals surface area contributed by atoms with E-state index in [-0.39, 0.29) is 0 Å². The SMILES string of the molecule is CN=C(NCCc1c[nH]c2cc(C)ccc12)N1CCC2(CCC2)C1. The Morgan fingerprint density at radius 2 is 2.21 bits per heavy atom. The lowest BCUT2D eigenvalue weighted by molar-refractivity contribution is 0.151. The zero-order valence-electron chi connectivity index (χ0n) is 14.9. The number of aromatic amines is 1. The number of guanidine groups is 1. The summed E-state index contributed by atoms with van der Waals surface area (Å²) >= 11 is 0. The smallest absolute Gasteiger partial charge is 0.193 e. The van der Waals surface area contributed by atoms with Crippen LogP contribution in [0, 0.1) is 12.3 Å². The Bertz CT molecular complexity index is 754. The van der Waals surface area contributed by atoms with Gasteiger partial charge in [-0.2, -0.15) is 0 Å². The molecule has 1 aliphatic heterocycles. The van der Waals surface area contributed by atoms with Crippen LogP contribution in [0.4, 0.5) is 0 Å². The first-order valence-corrected chi connectivity index (χ1v) is 9.21. The Hall–Kier alpha value is -1.97. The van der Waals surface area contributed by atoms with E-state index in [1.165, 1.54) is 54.3 Å². The van der Waals surface area contributed by atoms with Gasteiger partial charge < -0.3 is 15.2 Å². The number of benzene rings is 1. The summed E-state index contributed by atoms with van der Waals surface area (Å²) in [5.41, 5.74) is 4.53. The van der Waals surface area contributed by atoms with E-state index in [1.54, 1.807) is 0 Å². The summed E-state index contributed by atoms with van der Waals surface area (Å²) < 4.78 is 0. The lowest BCUT2D eigenvalue weighted by Crippen LogP contribution is -2.43. The number of aliphatic imine (C=N–C) groups is 1. The van der Waals surface area contributed by atoms with Gasteiger partial charge in [0.15, 0.2) is 5.96 Å². The molecule has 2 heterocycles. The van der Waals surface area contributed by atoms with Crippen molar-refractivity contribution in [3.8, 4) is 0 Å². The first-order chi connectivity index (χ1) is 11.7. The number of aryl methyl sites for hydroxylation is 1. The Labute approximate surface area is 144 Å². The van der Waals surface area contributed by atoms with Crippen LogP contribution in [0.1, 0.15) is 36.8 Å². The Balaban J connectivity index is 1.35. The fourth-order valence-electron chi connectivity index (χ4n) is 4.35. The first-order valence-electron chi connectivity index (χ1n) is 9.21. The molecule has 0 bridgehead atoms. The predicted molar refractivity (Wildman–Crippen MR) is 101 cm³/mol. The molecule has 1 saturated heterocycles. The number of rotatable bonds is 3. The van der Waals surface area contributed by atoms with Crippen LogP contribution in [-0.2, 0) is 6.42 Å². The number of fused-ring (bicyclic) bond motifs is 1. The van der Waals surface area contributed by atoms with Gasteiger partial charge in [-0.1, -0.05) is 18.6 Å². The van der Waals surface area contributed by atoms with Crippen molar-refractivity contribution < 1.29 is 0 Å². The third-order valence-corrected chi connectivity index (χ3v) is 5.96. The van der Waals surface area contributed by atoms with Crippen LogP contribution in [0.15, 0.2) is 29.4 Å². The van der Waals surface area contributed by atoms with Gasteiger partial charge in [0.2, 0.25) is 0 Å². The van der Waals surface area contributed by atoms with Gasteiger partial charge in [0.25, 0.3) is 0 Å². The monoisotopic (exact) mass is 324 g/mol. The molecule has 128 valence electrons. The average Bonchev–Trinajstić information content (AvgIpc) is 3.16. The second-order valence-corrected chi connectivity index (χ2v) is 7.61. The van der Waals surface area contributed by atoms with Crippen LogP contribution in [0.25, 0.3) is 10.9 Å². The summed E-state index contributed by atoms with van der Waals surface area (Å²) in [6.07, 6.45) is 8.74. The second-order valence-electron chi connectivity index (χ2n) is 7.61. The minimum atomic E-state index is 0.617. The molecular formula is C20H28N4. The van der Waals surface area contributed by atoms with Gasteiger partial charge in [-0.25, -0.2) is 0 Å². The highest BCUT2D eigenvalue weighted by Gasteiger charge is 2.43. The van der Waals surface area contributed by atoms with Crippen LogP contribution in [0.2, 0.25) is 0 Å². The molecule has 24 heavy (non-hydrogen) atoms. The van der Waals surface area contributed by atoms with E-state index in [0.29, 0.717) is 5.41 Å². The molecule has 1 aromatic carbocycles. The molecule has 1 aliphatic carbocycles. The molecule has 1 spiro atoms. The average molecular weight is 324 g/mol. The quantitative estimate of drug-likeness (QED) is 0.671. The molecule has 0 radical (unpaired) electrons. The van der Waals surface area contributed by atoms with E-state index in [2.05, 4.69) is 51.5 Å². The van der Waals surface area contributed by atoms with Crippen molar-refractivity contribution >= 4 is 16.9 Å². The fraction of sp³-hybridized carbons (Fsp3) is 0.550. The van der Waals surface area contributed by atoms with Crippen molar-refractivity contribution in [1.29, 1.82) is 0 Å². The van der Waals surface area contributed by atoms with E-state index >= 15 is 0 Å². The van der Waals surface area contributed by atoms with Crippen LogP contribution >= 0.6 is 0 Å². The Morgan fingerprint density at radius 3 is 2.92 bits per heavy atom. The molecule has 4 heteroatoms. The summed E-state index contributed by atoms with van der Waals surface area (Å²) in [5, 5.41) is 4.91.